The molecule has 9 nitrogen and oxygen atoms in total. The van der Waals surface area contributed by atoms with E-state index < -0.39 is 5.92 Å². The smallest absolute Gasteiger partial charge is 0.259 e. The molecule has 1 atom stereocenters. The van der Waals surface area contributed by atoms with E-state index in [4.69, 9.17) is 29.1 Å². The number of ether oxygens (including phenoxy) is 4. The molecule has 2 aromatic heterocycles. The van der Waals surface area contributed by atoms with E-state index in [-0.39, 0.29) is 30.4 Å². The minimum atomic E-state index is -0.775. The predicted molar refractivity (Wildman–Crippen MR) is 112 cm³/mol. The van der Waals surface area contributed by atoms with Crippen LogP contribution in [0, 0.1) is 18.3 Å². The number of furan rings is 1. The average Bonchev–Trinajstić information content (AvgIpc) is 3.46. The van der Waals surface area contributed by atoms with Crippen molar-refractivity contribution in [1.82, 2.24) is 4.57 Å². The van der Waals surface area contributed by atoms with E-state index in [9.17, 15) is 10.1 Å². The van der Waals surface area contributed by atoms with Crippen molar-refractivity contribution in [2.45, 2.75) is 19.4 Å². The first-order valence-corrected chi connectivity index (χ1v) is 9.83. The van der Waals surface area contributed by atoms with Crippen LogP contribution in [0.2, 0.25) is 0 Å². The normalized spacial score (nSPS) is 16.3. The topological polar surface area (TPSA) is 122 Å². The van der Waals surface area contributed by atoms with Crippen LogP contribution < -0.4 is 30.2 Å². The number of hydrogen-bond acceptors (Lipinski definition) is 8. The Hall–Kier alpha value is -4.32. The van der Waals surface area contributed by atoms with Crippen molar-refractivity contribution in [3.8, 4) is 29.1 Å². The van der Waals surface area contributed by atoms with Crippen molar-refractivity contribution in [2.24, 2.45) is 5.73 Å². The van der Waals surface area contributed by atoms with Gasteiger partial charge in [0.1, 0.15) is 23.2 Å². The van der Waals surface area contributed by atoms with Gasteiger partial charge in [-0.05, 0) is 36.8 Å². The van der Waals surface area contributed by atoms with Crippen molar-refractivity contribution in [3.05, 3.63) is 81.0 Å². The molecule has 0 spiro atoms. The summed E-state index contributed by atoms with van der Waals surface area (Å²) < 4.78 is 29.2. The lowest BCUT2D eigenvalue weighted by atomic mass is 9.83. The summed E-state index contributed by atoms with van der Waals surface area (Å²) >= 11 is 0. The lowest BCUT2D eigenvalue weighted by molar-refractivity contribution is 0.171. The van der Waals surface area contributed by atoms with E-state index >= 15 is 0 Å². The zero-order chi connectivity index (χ0) is 22.4. The Labute approximate surface area is 182 Å². The van der Waals surface area contributed by atoms with Crippen LogP contribution in [0.3, 0.4) is 0 Å². The van der Waals surface area contributed by atoms with Gasteiger partial charge in [0.25, 0.3) is 5.56 Å². The molecule has 5 rings (SSSR count). The molecule has 9 heteroatoms. The lowest BCUT2D eigenvalue weighted by Gasteiger charge is -2.27. The number of aromatic nitrogens is 1. The highest BCUT2D eigenvalue weighted by atomic mass is 16.7. The van der Waals surface area contributed by atoms with E-state index in [1.165, 1.54) is 7.11 Å². The number of allylic oxidation sites excluding steroid dienone is 1. The Morgan fingerprint density at radius 2 is 2.12 bits per heavy atom. The molecular formula is C23H19N3O6. The number of fused-ring (bicyclic) bond motifs is 2. The van der Waals surface area contributed by atoms with Crippen molar-refractivity contribution in [3.63, 3.8) is 0 Å². The molecule has 162 valence electrons. The van der Waals surface area contributed by atoms with E-state index in [2.05, 4.69) is 6.07 Å². The lowest BCUT2D eigenvalue weighted by Crippen LogP contribution is -2.33. The second-order valence-electron chi connectivity index (χ2n) is 7.42. The molecule has 0 radical (unpaired) electrons. The average molecular weight is 433 g/mol. The molecule has 3 aromatic rings. The number of rotatable bonds is 4. The summed E-state index contributed by atoms with van der Waals surface area (Å²) in [5, 5.41) is 9.88. The maximum atomic E-state index is 13.7. The fourth-order valence-corrected chi connectivity index (χ4v) is 4.09. The number of nitrogens with two attached hydrogens (primary N) is 1. The summed E-state index contributed by atoms with van der Waals surface area (Å²) in [5.74, 6) is 1.48. The number of benzene rings is 1. The van der Waals surface area contributed by atoms with Crippen molar-refractivity contribution in [2.75, 3.05) is 13.9 Å². The molecule has 0 saturated heterocycles. The summed E-state index contributed by atoms with van der Waals surface area (Å²) in [6.45, 7) is 2.09. The van der Waals surface area contributed by atoms with Crippen LogP contribution in [-0.2, 0) is 6.54 Å². The van der Waals surface area contributed by atoms with Crippen LogP contribution in [0.15, 0.2) is 57.3 Å². The van der Waals surface area contributed by atoms with Crippen molar-refractivity contribution < 1.29 is 23.4 Å². The van der Waals surface area contributed by atoms with Crippen LogP contribution >= 0.6 is 0 Å². The maximum absolute atomic E-state index is 13.7. The molecule has 0 aliphatic carbocycles. The second-order valence-corrected chi connectivity index (χ2v) is 7.42. The molecule has 2 aliphatic heterocycles. The monoisotopic (exact) mass is 433 g/mol. The Kier molecular flexibility index (Phi) is 4.56. The Morgan fingerprint density at radius 3 is 2.84 bits per heavy atom. The predicted octanol–water partition coefficient (Wildman–Crippen LogP) is 2.75. The standard InChI is InChI=1S/C23H19N3O6/c1-12-6-16-20(23(27)26(12)10-14-4-3-5-29-14)19(15(9-24)22(25)32-16)13-7-17(28-2)21-18(8-13)30-11-31-21/h3-8,19H,10-11,25H2,1-2H3/t19-/m1/s1. The second kappa shape index (κ2) is 7.42. The van der Waals surface area contributed by atoms with E-state index in [0.29, 0.717) is 45.6 Å². The Morgan fingerprint density at radius 1 is 1.28 bits per heavy atom. The molecular weight excluding hydrogens is 414 g/mol. The van der Waals surface area contributed by atoms with Gasteiger partial charge in [-0.3, -0.25) is 4.79 Å². The van der Waals surface area contributed by atoms with Gasteiger partial charge in [-0.2, -0.15) is 5.26 Å². The summed E-state index contributed by atoms with van der Waals surface area (Å²) in [4.78, 5) is 13.7. The van der Waals surface area contributed by atoms with Gasteiger partial charge in [0.2, 0.25) is 18.4 Å². The number of methoxy groups -OCH3 is 1. The summed E-state index contributed by atoms with van der Waals surface area (Å²) in [6.07, 6.45) is 1.55. The minimum Gasteiger partial charge on any atom is -0.493 e. The third-order valence-corrected chi connectivity index (χ3v) is 5.60. The van der Waals surface area contributed by atoms with Gasteiger partial charge in [-0.25, -0.2) is 0 Å². The quantitative estimate of drug-likeness (QED) is 0.667. The van der Waals surface area contributed by atoms with Crippen molar-refractivity contribution in [1.29, 1.82) is 5.26 Å². The molecule has 0 unspecified atom stereocenters. The number of nitriles is 1. The van der Waals surface area contributed by atoms with Crippen LogP contribution in [0.25, 0.3) is 0 Å². The van der Waals surface area contributed by atoms with E-state index in [1.807, 2.05) is 0 Å². The molecule has 0 fully saturated rings. The minimum absolute atomic E-state index is 0.0516. The first kappa shape index (κ1) is 19.6. The number of hydrogen-bond donors (Lipinski definition) is 1. The highest BCUT2D eigenvalue weighted by Crippen LogP contribution is 2.47. The molecule has 32 heavy (non-hydrogen) atoms. The molecule has 0 saturated carbocycles. The molecule has 0 bridgehead atoms. The maximum Gasteiger partial charge on any atom is 0.259 e. The highest BCUT2D eigenvalue weighted by molar-refractivity contribution is 5.61. The fraction of sp³-hybridized carbons (Fsp3) is 0.217. The van der Waals surface area contributed by atoms with Gasteiger partial charge >= 0.3 is 0 Å². The Bertz CT molecular complexity index is 1350. The third kappa shape index (κ3) is 2.96. The Balaban J connectivity index is 1.74. The summed E-state index contributed by atoms with van der Waals surface area (Å²) in [5.41, 5.74) is 7.47. The van der Waals surface area contributed by atoms with Gasteiger partial charge < -0.3 is 33.7 Å². The van der Waals surface area contributed by atoms with Crippen molar-refractivity contribution >= 4 is 0 Å². The number of nitrogens with zero attached hydrogens (tertiary/aromatic N) is 2. The van der Waals surface area contributed by atoms with Crippen LogP contribution in [-0.4, -0.2) is 18.5 Å². The van der Waals surface area contributed by atoms with Gasteiger partial charge in [0.15, 0.2) is 11.5 Å². The van der Waals surface area contributed by atoms with E-state index in [0.717, 1.165) is 0 Å². The number of pyridine rings is 1. The molecule has 2 N–H and O–H groups in total. The molecule has 0 amide bonds. The van der Waals surface area contributed by atoms with Crippen LogP contribution in [0.1, 0.15) is 28.5 Å². The summed E-state index contributed by atoms with van der Waals surface area (Å²) in [7, 11) is 1.51. The molecule has 1 aromatic carbocycles. The van der Waals surface area contributed by atoms with Gasteiger partial charge in [-0.1, -0.05) is 0 Å². The van der Waals surface area contributed by atoms with Gasteiger partial charge in [-0.15, -0.1) is 0 Å². The van der Waals surface area contributed by atoms with Crippen LogP contribution in [0.5, 0.6) is 23.0 Å². The van der Waals surface area contributed by atoms with Crippen LogP contribution in [0.4, 0.5) is 0 Å². The highest BCUT2D eigenvalue weighted by Gasteiger charge is 2.36. The van der Waals surface area contributed by atoms with Gasteiger partial charge in [0.05, 0.1) is 31.4 Å². The third-order valence-electron chi connectivity index (χ3n) is 5.60. The fourth-order valence-electron chi connectivity index (χ4n) is 4.09. The van der Waals surface area contributed by atoms with E-state index in [1.54, 1.807) is 48.1 Å². The van der Waals surface area contributed by atoms with Gasteiger partial charge in [0, 0.05) is 11.8 Å². The first-order valence-electron chi connectivity index (χ1n) is 9.83. The SMILES string of the molecule is COc1cc([C@@H]2C(C#N)=C(N)Oc3cc(C)n(Cc4ccco4)c(=O)c32)cc2c1OCO2. The first-order chi connectivity index (χ1) is 15.5. The summed E-state index contributed by atoms with van der Waals surface area (Å²) in [6, 6.07) is 10.8. The molecule has 4 heterocycles. The largest absolute Gasteiger partial charge is 0.493 e. The zero-order valence-corrected chi connectivity index (χ0v) is 17.4. The number of aryl methyl sites for hydroxylation is 1. The molecule has 2 aliphatic rings. The zero-order valence-electron chi connectivity index (χ0n) is 17.4.